The zero-order valence-electron chi connectivity index (χ0n) is 12.1. The summed E-state index contributed by atoms with van der Waals surface area (Å²) < 4.78 is 5.61. The third kappa shape index (κ3) is 3.50. The fraction of sp³-hybridized carbons (Fsp3) is 0.357. The summed E-state index contributed by atoms with van der Waals surface area (Å²) in [5, 5.41) is 5.00. The summed E-state index contributed by atoms with van der Waals surface area (Å²) in [5.74, 6) is 0.376. The number of fused-ring (bicyclic) bond motifs is 1. The summed E-state index contributed by atoms with van der Waals surface area (Å²) in [5.41, 5.74) is 7.02. The van der Waals surface area contributed by atoms with Crippen LogP contribution in [0.2, 0.25) is 0 Å². The Bertz CT molecular complexity index is 678. The highest BCUT2D eigenvalue weighted by Crippen LogP contribution is 2.24. The summed E-state index contributed by atoms with van der Waals surface area (Å²) in [4.78, 5) is 26.6. The van der Waals surface area contributed by atoms with E-state index < -0.39 is 18.0 Å². The molecule has 0 saturated heterocycles. The van der Waals surface area contributed by atoms with Crippen molar-refractivity contribution >= 4 is 28.7 Å². The van der Waals surface area contributed by atoms with E-state index in [0.29, 0.717) is 22.7 Å². The first-order valence-corrected chi connectivity index (χ1v) is 6.64. The lowest BCUT2D eigenvalue weighted by Gasteiger charge is -2.13. The Labute approximate surface area is 121 Å². The molecule has 0 aliphatic carbocycles. The van der Waals surface area contributed by atoms with Crippen LogP contribution >= 0.6 is 0 Å². The van der Waals surface area contributed by atoms with Crippen molar-refractivity contribution in [2.24, 2.45) is 5.73 Å². The molecule has 0 fully saturated rings. The average molecular weight is 290 g/mol. The number of aromatic nitrogens is 1. The van der Waals surface area contributed by atoms with E-state index in [-0.39, 0.29) is 5.92 Å². The minimum Gasteiger partial charge on any atom is -0.440 e. The Balaban J connectivity index is 2.15. The van der Waals surface area contributed by atoms with E-state index in [2.05, 4.69) is 10.3 Å². The lowest BCUT2D eigenvalue weighted by Crippen LogP contribution is -2.43. The van der Waals surface area contributed by atoms with E-state index in [1.165, 1.54) is 0 Å². The van der Waals surface area contributed by atoms with Crippen molar-refractivity contribution in [1.29, 1.82) is 0 Å². The number of anilines is 1. The van der Waals surface area contributed by atoms with E-state index in [9.17, 15) is 9.59 Å². The molecule has 112 valence electrons. The number of carbonyl (C=O) groups excluding carboxylic acids is 2. The first kappa shape index (κ1) is 14.8. The van der Waals surface area contributed by atoms with Gasteiger partial charge in [-0.2, -0.15) is 0 Å². The van der Waals surface area contributed by atoms with Gasteiger partial charge in [0.05, 0.1) is 0 Å². The fourth-order valence-corrected chi connectivity index (χ4v) is 1.83. The zero-order chi connectivity index (χ0) is 15.6. The van der Waals surface area contributed by atoms with Crippen LogP contribution in [-0.4, -0.2) is 23.0 Å². The Morgan fingerprint density at radius 3 is 2.62 bits per heavy atom. The summed E-state index contributed by atoms with van der Waals surface area (Å²) in [6.07, 6.45) is 0. The Morgan fingerprint density at radius 1 is 1.29 bits per heavy atom. The van der Waals surface area contributed by atoms with Crippen LogP contribution in [-0.2, 0) is 4.79 Å². The molecular formula is C14H18N4O3. The van der Waals surface area contributed by atoms with Gasteiger partial charge in [0, 0.05) is 11.6 Å². The van der Waals surface area contributed by atoms with Crippen LogP contribution in [0.25, 0.3) is 11.1 Å². The number of nitrogens with one attached hydrogen (secondary N) is 2. The fourth-order valence-electron chi connectivity index (χ4n) is 1.83. The largest absolute Gasteiger partial charge is 0.440 e. The number of nitrogens with two attached hydrogens (primary N) is 1. The molecule has 0 aliphatic heterocycles. The number of urea groups is 1. The Kier molecular flexibility index (Phi) is 4.11. The number of hydrogen-bond donors (Lipinski definition) is 3. The van der Waals surface area contributed by atoms with Crippen molar-refractivity contribution in [3.05, 3.63) is 24.1 Å². The molecule has 4 N–H and O–H groups in total. The summed E-state index contributed by atoms with van der Waals surface area (Å²) in [6, 6.07) is 3.88. The van der Waals surface area contributed by atoms with E-state index in [1.54, 1.807) is 25.1 Å². The molecule has 3 amide bonds. The zero-order valence-corrected chi connectivity index (χ0v) is 12.1. The Morgan fingerprint density at radius 2 is 2.00 bits per heavy atom. The van der Waals surface area contributed by atoms with Gasteiger partial charge in [-0.3, -0.25) is 10.1 Å². The van der Waals surface area contributed by atoms with Crippen molar-refractivity contribution in [1.82, 2.24) is 10.3 Å². The summed E-state index contributed by atoms with van der Waals surface area (Å²) in [7, 11) is 0. The maximum absolute atomic E-state index is 11.6. The first-order valence-electron chi connectivity index (χ1n) is 6.64. The molecular weight excluding hydrogens is 272 g/mol. The number of primary amides is 1. The molecule has 2 aromatic rings. The Hall–Kier alpha value is -2.57. The number of amides is 3. The molecule has 0 radical (unpaired) electrons. The SMILES string of the molecule is CC(C)c1nc2cc(N[C@@H](C)C(=O)NC(N)=O)ccc2o1. The lowest BCUT2D eigenvalue weighted by molar-refractivity contribution is -0.120. The molecule has 7 nitrogen and oxygen atoms in total. The highest BCUT2D eigenvalue weighted by Gasteiger charge is 2.15. The molecule has 0 aliphatic rings. The van der Waals surface area contributed by atoms with E-state index in [0.717, 1.165) is 0 Å². The molecule has 1 aromatic heterocycles. The second kappa shape index (κ2) is 5.82. The first-order chi connectivity index (χ1) is 9.86. The molecule has 21 heavy (non-hydrogen) atoms. The normalized spacial score (nSPS) is 12.4. The van der Waals surface area contributed by atoms with Crippen LogP contribution in [0.1, 0.15) is 32.6 Å². The maximum Gasteiger partial charge on any atom is 0.318 e. The number of hydrogen-bond acceptors (Lipinski definition) is 5. The van der Waals surface area contributed by atoms with Gasteiger partial charge in [-0.05, 0) is 25.1 Å². The minimum absolute atomic E-state index is 0.203. The predicted octanol–water partition coefficient (Wildman–Crippen LogP) is 1.95. The van der Waals surface area contributed by atoms with E-state index in [1.807, 2.05) is 19.2 Å². The smallest absolute Gasteiger partial charge is 0.318 e. The number of rotatable bonds is 4. The monoisotopic (exact) mass is 290 g/mol. The van der Waals surface area contributed by atoms with Crippen molar-refractivity contribution in [3.63, 3.8) is 0 Å². The van der Waals surface area contributed by atoms with Crippen molar-refractivity contribution in [2.75, 3.05) is 5.32 Å². The van der Waals surface area contributed by atoms with E-state index >= 15 is 0 Å². The highest BCUT2D eigenvalue weighted by molar-refractivity contribution is 5.97. The average Bonchev–Trinajstić information content (AvgIpc) is 2.81. The number of nitrogens with zero attached hydrogens (tertiary/aromatic N) is 1. The number of carbonyl (C=O) groups is 2. The summed E-state index contributed by atoms with van der Waals surface area (Å²) >= 11 is 0. The van der Waals surface area contributed by atoms with Gasteiger partial charge in [0.2, 0.25) is 5.91 Å². The molecule has 0 spiro atoms. The highest BCUT2D eigenvalue weighted by atomic mass is 16.3. The van der Waals surface area contributed by atoms with Gasteiger partial charge >= 0.3 is 6.03 Å². The molecule has 1 aromatic carbocycles. The van der Waals surface area contributed by atoms with Gasteiger partial charge in [0.25, 0.3) is 0 Å². The predicted molar refractivity (Wildman–Crippen MR) is 78.9 cm³/mol. The third-order valence-electron chi connectivity index (χ3n) is 2.92. The standard InChI is InChI=1S/C14H18N4O3/c1-7(2)13-17-10-6-9(4-5-11(10)21-13)16-8(3)12(19)18-14(15)20/h4-8,16H,1-3H3,(H3,15,18,19,20)/t8-/m0/s1. The molecule has 0 saturated carbocycles. The van der Waals surface area contributed by atoms with Gasteiger partial charge in [-0.25, -0.2) is 9.78 Å². The van der Waals surface area contributed by atoms with Crippen LogP contribution in [0, 0.1) is 0 Å². The number of benzene rings is 1. The lowest BCUT2D eigenvalue weighted by atomic mass is 10.2. The van der Waals surface area contributed by atoms with Crippen LogP contribution in [0.5, 0.6) is 0 Å². The second-order valence-corrected chi connectivity index (χ2v) is 5.11. The van der Waals surface area contributed by atoms with Crippen LogP contribution < -0.4 is 16.4 Å². The van der Waals surface area contributed by atoms with Crippen molar-refractivity contribution in [2.45, 2.75) is 32.7 Å². The molecule has 0 unspecified atom stereocenters. The quantitative estimate of drug-likeness (QED) is 0.797. The second-order valence-electron chi connectivity index (χ2n) is 5.11. The molecule has 7 heteroatoms. The van der Waals surface area contributed by atoms with E-state index in [4.69, 9.17) is 10.2 Å². The topological polar surface area (TPSA) is 110 Å². The van der Waals surface area contributed by atoms with Gasteiger partial charge in [0.1, 0.15) is 11.6 Å². The van der Waals surface area contributed by atoms with Crippen molar-refractivity contribution in [3.8, 4) is 0 Å². The molecule has 0 bridgehead atoms. The summed E-state index contributed by atoms with van der Waals surface area (Å²) in [6.45, 7) is 5.63. The van der Waals surface area contributed by atoms with Gasteiger partial charge in [-0.15, -0.1) is 0 Å². The number of oxazole rings is 1. The maximum atomic E-state index is 11.6. The van der Waals surface area contributed by atoms with Gasteiger partial charge in [-0.1, -0.05) is 13.8 Å². The van der Waals surface area contributed by atoms with Gasteiger partial charge in [0.15, 0.2) is 11.5 Å². The van der Waals surface area contributed by atoms with Crippen LogP contribution in [0.4, 0.5) is 10.5 Å². The molecule has 1 atom stereocenters. The van der Waals surface area contributed by atoms with Crippen molar-refractivity contribution < 1.29 is 14.0 Å². The minimum atomic E-state index is -0.873. The van der Waals surface area contributed by atoms with Crippen LogP contribution in [0.3, 0.4) is 0 Å². The number of imide groups is 1. The van der Waals surface area contributed by atoms with Gasteiger partial charge < -0.3 is 15.5 Å². The third-order valence-corrected chi connectivity index (χ3v) is 2.92. The van der Waals surface area contributed by atoms with Crippen LogP contribution in [0.15, 0.2) is 22.6 Å². The molecule has 2 rings (SSSR count). The molecule has 1 heterocycles.